The summed E-state index contributed by atoms with van der Waals surface area (Å²) in [6.07, 6.45) is 2.42. The minimum Gasteiger partial charge on any atom is -0.496 e. The van der Waals surface area contributed by atoms with Gasteiger partial charge >= 0.3 is 0 Å². The van der Waals surface area contributed by atoms with E-state index in [2.05, 4.69) is 19.9 Å². The number of carbonyl (C=O) groups excluding carboxylic acids is 1. The summed E-state index contributed by atoms with van der Waals surface area (Å²) in [6, 6.07) is 13.4. The molecule has 1 amide bonds. The number of nitrogens with zero attached hydrogens (tertiary/aromatic N) is 1. The molecule has 1 spiro atoms. The molecule has 6 nitrogen and oxygen atoms in total. The lowest BCUT2D eigenvalue weighted by atomic mass is 9.81. The Morgan fingerprint density at radius 3 is 2.55 bits per heavy atom. The number of aliphatic hydroxyl groups is 1. The van der Waals surface area contributed by atoms with Crippen molar-refractivity contribution in [2.75, 3.05) is 20.2 Å². The Morgan fingerprint density at radius 1 is 1.21 bits per heavy atom. The van der Waals surface area contributed by atoms with Gasteiger partial charge in [0.25, 0.3) is 5.91 Å². The molecular formula is C27H37NO5. The average molecular weight is 456 g/mol. The van der Waals surface area contributed by atoms with Gasteiger partial charge in [0.05, 0.1) is 24.9 Å². The van der Waals surface area contributed by atoms with Crippen LogP contribution in [0.3, 0.4) is 0 Å². The van der Waals surface area contributed by atoms with E-state index in [1.807, 2.05) is 23.1 Å². The van der Waals surface area contributed by atoms with Gasteiger partial charge in [-0.15, -0.1) is 0 Å². The number of benzene rings is 2. The van der Waals surface area contributed by atoms with Crippen LogP contribution in [0.4, 0.5) is 0 Å². The first kappa shape index (κ1) is 23.6. The van der Waals surface area contributed by atoms with Crippen molar-refractivity contribution in [2.24, 2.45) is 0 Å². The van der Waals surface area contributed by atoms with E-state index in [-0.39, 0.29) is 25.1 Å². The summed E-state index contributed by atoms with van der Waals surface area (Å²) in [5.74, 6) is 1.38. The number of carbonyl (C=O) groups is 1. The first-order valence-corrected chi connectivity index (χ1v) is 11.8. The molecule has 2 aromatic rings. The standard InChI is InChI=1S/C27H35NO5.H2/c1-18(2)32-24-17-27(33-22-9-7-6-8-20(22)24)12-14-28(15-13-27)25(29)19-10-11-21(26(3,4)30)23(16-19)31-5;/h6-11,16,18,24,30H,12-15,17H2,1-5H3;1H/t24-;/m1./s1. The summed E-state index contributed by atoms with van der Waals surface area (Å²) in [6.45, 7) is 8.76. The second-order valence-electron chi connectivity index (χ2n) is 9.97. The van der Waals surface area contributed by atoms with E-state index in [1.54, 1.807) is 39.2 Å². The monoisotopic (exact) mass is 455 g/mol. The summed E-state index contributed by atoms with van der Waals surface area (Å²) >= 11 is 0. The van der Waals surface area contributed by atoms with Gasteiger partial charge in [-0.1, -0.05) is 24.3 Å². The number of para-hydroxylation sites is 1. The average Bonchev–Trinajstić information content (AvgIpc) is 2.77. The molecule has 1 fully saturated rings. The van der Waals surface area contributed by atoms with Crippen molar-refractivity contribution in [3.05, 3.63) is 59.2 Å². The highest BCUT2D eigenvalue weighted by atomic mass is 16.5. The molecule has 0 aliphatic carbocycles. The lowest BCUT2D eigenvalue weighted by Crippen LogP contribution is -2.52. The molecule has 6 heteroatoms. The van der Waals surface area contributed by atoms with Gasteiger partial charge in [-0.2, -0.15) is 0 Å². The SMILES string of the molecule is COc1cc(C(=O)N2CCC3(CC2)C[C@@H](OC(C)C)c2ccccc2O3)ccc1C(C)(C)O.[HH]. The van der Waals surface area contributed by atoms with Crippen LogP contribution in [-0.2, 0) is 10.3 Å². The van der Waals surface area contributed by atoms with Gasteiger partial charge < -0.3 is 24.2 Å². The number of amides is 1. The van der Waals surface area contributed by atoms with Crippen LogP contribution in [0.1, 0.15) is 76.0 Å². The Bertz CT molecular complexity index is 1010. The van der Waals surface area contributed by atoms with Crippen LogP contribution < -0.4 is 9.47 Å². The summed E-state index contributed by atoms with van der Waals surface area (Å²) in [5.41, 5.74) is 0.950. The summed E-state index contributed by atoms with van der Waals surface area (Å²) in [4.78, 5) is 15.1. The molecule has 2 aliphatic rings. The van der Waals surface area contributed by atoms with Crippen LogP contribution in [0.25, 0.3) is 0 Å². The van der Waals surface area contributed by atoms with Crippen molar-refractivity contribution in [2.45, 2.75) is 70.4 Å². The van der Waals surface area contributed by atoms with Crippen molar-refractivity contribution in [1.82, 2.24) is 4.90 Å². The maximum absolute atomic E-state index is 13.3. The predicted octanol–water partition coefficient (Wildman–Crippen LogP) is 5.09. The zero-order chi connectivity index (χ0) is 23.8. The Hall–Kier alpha value is -2.57. The third-order valence-corrected chi connectivity index (χ3v) is 6.66. The zero-order valence-corrected chi connectivity index (χ0v) is 20.3. The van der Waals surface area contributed by atoms with Gasteiger partial charge in [0, 0.05) is 50.5 Å². The minimum absolute atomic E-state index is 0. The Morgan fingerprint density at radius 2 is 1.91 bits per heavy atom. The lowest BCUT2D eigenvalue weighted by molar-refractivity contribution is -0.0872. The molecule has 1 atom stereocenters. The fourth-order valence-corrected chi connectivity index (χ4v) is 4.95. The van der Waals surface area contributed by atoms with Crippen LogP contribution in [0, 0.1) is 0 Å². The molecule has 2 heterocycles. The molecule has 180 valence electrons. The topological polar surface area (TPSA) is 68.2 Å². The molecule has 1 N–H and O–H groups in total. The molecule has 0 saturated carbocycles. The number of likely N-dealkylation sites (tertiary alicyclic amines) is 1. The lowest BCUT2D eigenvalue weighted by Gasteiger charge is -2.47. The summed E-state index contributed by atoms with van der Waals surface area (Å²) in [7, 11) is 1.55. The van der Waals surface area contributed by atoms with Gasteiger partial charge in [0.1, 0.15) is 17.1 Å². The Balaban J connectivity index is 0.00000324. The van der Waals surface area contributed by atoms with E-state index < -0.39 is 5.60 Å². The third kappa shape index (κ3) is 4.87. The van der Waals surface area contributed by atoms with Crippen molar-refractivity contribution < 1.29 is 25.5 Å². The molecule has 33 heavy (non-hydrogen) atoms. The highest BCUT2D eigenvalue weighted by Crippen LogP contribution is 2.46. The van der Waals surface area contributed by atoms with Gasteiger partial charge in [-0.25, -0.2) is 0 Å². The quantitative estimate of drug-likeness (QED) is 0.680. The zero-order valence-electron chi connectivity index (χ0n) is 20.3. The third-order valence-electron chi connectivity index (χ3n) is 6.66. The number of piperidine rings is 1. The van der Waals surface area contributed by atoms with E-state index in [4.69, 9.17) is 14.2 Å². The molecule has 2 aromatic carbocycles. The molecule has 0 aromatic heterocycles. The number of hydrogen-bond acceptors (Lipinski definition) is 5. The maximum atomic E-state index is 13.3. The molecular weight excluding hydrogens is 418 g/mol. The van der Waals surface area contributed by atoms with E-state index in [0.29, 0.717) is 30.0 Å². The molecule has 2 aliphatic heterocycles. The first-order valence-electron chi connectivity index (χ1n) is 11.8. The van der Waals surface area contributed by atoms with Crippen molar-refractivity contribution in [1.29, 1.82) is 0 Å². The molecule has 1 saturated heterocycles. The number of methoxy groups -OCH3 is 1. The Labute approximate surface area is 197 Å². The molecule has 0 radical (unpaired) electrons. The maximum Gasteiger partial charge on any atom is 0.253 e. The highest BCUT2D eigenvalue weighted by Gasteiger charge is 2.44. The number of ether oxygens (including phenoxy) is 3. The summed E-state index contributed by atoms with van der Waals surface area (Å²) < 4.78 is 18.2. The molecule has 4 rings (SSSR count). The molecule has 0 bridgehead atoms. The smallest absolute Gasteiger partial charge is 0.253 e. The number of rotatable bonds is 5. The van der Waals surface area contributed by atoms with Gasteiger partial charge in [-0.05, 0) is 45.9 Å². The van der Waals surface area contributed by atoms with E-state index in [0.717, 1.165) is 30.6 Å². The minimum atomic E-state index is -1.05. The Kier molecular flexibility index (Phi) is 6.43. The van der Waals surface area contributed by atoms with Crippen LogP contribution in [0.5, 0.6) is 11.5 Å². The van der Waals surface area contributed by atoms with Gasteiger partial charge in [0.15, 0.2) is 0 Å². The number of fused-ring (bicyclic) bond motifs is 1. The first-order chi connectivity index (χ1) is 15.6. The van der Waals surface area contributed by atoms with Crippen LogP contribution in [0.2, 0.25) is 0 Å². The fraction of sp³-hybridized carbons (Fsp3) is 0.519. The van der Waals surface area contributed by atoms with Crippen molar-refractivity contribution in [3.8, 4) is 11.5 Å². The van der Waals surface area contributed by atoms with Gasteiger partial charge in [0.2, 0.25) is 0 Å². The van der Waals surface area contributed by atoms with Crippen molar-refractivity contribution in [3.63, 3.8) is 0 Å². The van der Waals surface area contributed by atoms with Gasteiger partial charge in [-0.3, -0.25) is 4.79 Å². The number of hydrogen-bond donors (Lipinski definition) is 1. The van der Waals surface area contributed by atoms with E-state index in [1.165, 1.54) is 0 Å². The highest BCUT2D eigenvalue weighted by molar-refractivity contribution is 5.95. The van der Waals surface area contributed by atoms with Crippen LogP contribution >= 0.6 is 0 Å². The second kappa shape index (κ2) is 8.99. The van der Waals surface area contributed by atoms with E-state index in [9.17, 15) is 9.90 Å². The predicted molar refractivity (Wildman–Crippen MR) is 129 cm³/mol. The molecule has 0 unspecified atom stereocenters. The van der Waals surface area contributed by atoms with Crippen LogP contribution in [-0.4, -0.2) is 47.8 Å². The van der Waals surface area contributed by atoms with Crippen molar-refractivity contribution >= 4 is 5.91 Å². The van der Waals surface area contributed by atoms with E-state index >= 15 is 0 Å². The summed E-state index contributed by atoms with van der Waals surface area (Å²) in [5, 5.41) is 10.4. The van der Waals surface area contributed by atoms with Crippen LogP contribution in [0.15, 0.2) is 42.5 Å². The normalized spacial score (nSPS) is 19.8. The second-order valence-corrected chi connectivity index (χ2v) is 9.97. The fourth-order valence-electron chi connectivity index (χ4n) is 4.95. The largest absolute Gasteiger partial charge is 0.496 e.